The number of nitrogens with zero attached hydrogens (tertiary/aromatic N) is 2. The molecule has 0 saturated carbocycles. The van der Waals surface area contributed by atoms with E-state index in [1.54, 1.807) is 35.8 Å². The van der Waals surface area contributed by atoms with Gasteiger partial charge in [0.2, 0.25) is 5.91 Å². The third-order valence-corrected chi connectivity index (χ3v) is 5.14. The smallest absolute Gasteiger partial charge is 0.333 e. The van der Waals surface area contributed by atoms with Crippen LogP contribution in [0.15, 0.2) is 52.4 Å². The molecule has 9 heteroatoms. The van der Waals surface area contributed by atoms with Gasteiger partial charge in [-0.15, -0.1) is 11.3 Å². The SMILES string of the molecule is COC(=O)C(NC(=O)Cc1csc(-c2ncc(Br)cc2O)n1)c1ccccc1. The fourth-order valence-electron chi connectivity index (χ4n) is 2.51. The van der Waals surface area contributed by atoms with E-state index in [0.29, 0.717) is 26.4 Å². The number of halogens is 1. The fourth-order valence-corrected chi connectivity index (χ4v) is 3.65. The number of esters is 1. The highest BCUT2D eigenvalue weighted by atomic mass is 79.9. The zero-order chi connectivity index (χ0) is 20.1. The van der Waals surface area contributed by atoms with Gasteiger partial charge in [-0.25, -0.2) is 14.8 Å². The Balaban J connectivity index is 1.72. The Morgan fingerprint density at radius 2 is 2.07 bits per heavy atom. The summed E-state index contributed by atoms with van der Waals surface area (Å²) in [7, 11) is 1.27. The van der Waals surface area contributed by atoms with Crippen LogP contribution in [0.5, 0.6) is 5.75 Å². The number of hydrogen-bond donors (Lipinski definition) is 2. The van der Waals surface area contributed by atoms with Crippen molar-refractivity contribution in [3.05, 3.63) is 63.7 Å². The second-order valence-corrected chi connectivity index (χ2v) is 7.55. The molecule has 0 radical (unpaired) electrons. The molecule has 3 aromatic rings. The van der Waals surface area contributed by atoms with Crippen LogP contribution < -0.4 is 5.32 Å². The van der Waals surface area contributed by atoms with Crippen LogP contribution in [-0.2, 0) is 20.7 Å². The maximum absolute atomic E-state index is 12.4. The van der Waals surface area contributed by atoms with E-state index in [4.69, 9.17) is 4.74 Å². The molecule has 0 saturated heterocycles. The van der Waals surface area contributed by atoms with Crippen molar-refractivity contribution in [2.45, 2.75) is 12.5 Å². The molecule has 0 fully saturated rings. The minimum atomic E-state index is -0.894. The lowest BCUT2D eigenvalue weighted by atomic mass is 10.1. The first kappa shape index (κ1) is 20.0. The van der Waals surface area contributed by atoms with Gasteiger partial charge in [0.15, 0.2) is 6.04 Å². The lowest BCUT2D eigenvalue weighted by molar-refractivity contribution is -0.145. The summed E-state index contributed by atoms with van der Waals surface area (Å²) in [4.78, 5) is 33.0. The van der Waals surface area contributed by atoms with Gasteiger partial charge in [0.25, 0.3) is 0 Å². The Kier molecular flexibility index (Phi) is 6.37. The van der Waals surface area contributed by atoms with Crippen LogP contribution in [0, 0.1) is 0 Å². The van der Waals surface area contributed by atoms with Gasteiger partial charge in [-0.05, 0) is 27.6 Å². The molecular formula is C19H16BrN3O4S. The first-order chi connectivity index (χ1) is 13.5. The number of carbonyl (C=O) groups is 2. The second kappa shape index (κ2) is 8.94. The average molecular weight is 462 g/mol. The van der Waals surface area contributed by atoms with Crippen LogP contribution in [0.2, 0.25) is 0 Å². The summed E-state index contributed by atoms with van der Waals surface area (Å²) < 4.78 is 5.45. The first-order valence-corrected chi connectivity index (χ1v) is 9.86. The topological polar surface area (TPSA) is 101 Å². The number of hydrogen-bond acceptors (Lipinski definition) is 7. The summed E-state index contributed by atoms with van der Waals surface area (Å²) in [6.45, 7) is 0. The van der Waals surface area contributed by atoms with Gasteiger partial charge in [-0.3, -0.25) is 4.79 Å². The number of amides is 1. The van der Waals surface area contributed by atoms with Crippen molar-refractivity contribution in [1.29, 1.82) is 0 Å². The Hall–Kier alpha value is -2.78. The lowest BCUT2D eigenvalue weighted by Gasteiger charge is -2.16. The van der Waals surface area contributed by atoms with Crippen LogP contribution >= 0.6 is 27.3 Å². The number of nitrogens with one attached hydrogen (secondary N) is 1. The van der Waals surface area contributed by atoms with Crippen LogP contribution in [-0.4, -0.2) is 34.1 Å². The maximum Gasteiger partial charge on any atom is 0.333 e. The zero-order valence-corrected chi connectivity index (χ0v) is 17.2. The van der Waals surface area contributed by atoms with Gasteiger partial charge in [0.05, 0.1) is 19.2 Å². The van der Waals surface area contributed by atoms with Gasteiger partial charge in [-0.2, -0.15) is 0 Å². The normalized spacial score (nSPS) is 11.6. The molecule has 0 aliphatic heterocycles. The Morgan fingerprint density at radius 3 is 2.75 bits per heavy atom. The van der Waals surface area contributed by atoms with Crippen molar-refractivity contribution in [3.63, 3.8) is 0 Å². The highest BCUT2D eigenvalue weighted by Crippen LogP contribution is 2.31. The lowest BCUT2D eigenvalue weighted by Crippen LogP contribution is -2.35. The molecule has 7 nitrogen and oxygen atoms in total. The molecule has 0 aliphatic rings. The van der Waals surface area contributed by atoms with Gasteiger partial charge < -0.3 is 15.2 Å². The number of rotatable bonds is 6. The Morgan fingerprint density at radius 1 is 1.32 bits per heavy atom. The van der Waals surface area contributed by atoms with Crippen LogP contribution in [0.3, 0.4) is 0 Å². The Bertz CT molecular complexity index is 994. The highest BCUT2D eigenvalue weighted by Gasteiger charge is 2.24. The summed E-state index contributed by atoms with van der Waals surface area (Å²) in [6.07, 6.45) is 1.54. The predicted molar refractivity (Wildman–Crippen MR) is 108 cm³/mol. The number of pyridine rings is 1. The summed E-state index contributed by atoms with van der Waals surface area (Å²) in [5, 5.41) is 14.9. The molecule has 2 aromatic heterocycles. The third-order valence-electron chi connectivity index (χ3n) is 3.81. The number of methoxy groups -OCH3 is 1. The van der Waals surface area contributed by atoms with Gasteiger partial charge in [-0.1, -0.05) is 30.3 Å². The van der Waals surface area contributed by atoms with Crippen molar-refractivity contribution in [2.75, 3.05) is 7.11 Å². The molecule has 0 bridgehead atoms. The van der Waals surface area contributed by atoms with E-state index in [0.717, 1.165) is 0 Å². The molecule has 144 valence electrons. The van der Waals surface area contributed by atoms with Crippen molar-refractivity contribution >= 4 is 39.1 Å². The molecular weight excluding hydrogens is 446 g/mol. The summed E-state index contributed by atoms with van der Waals surface area (Å²) in [5.41, 5.74) is 1.49. The molecule has 3 rings (SSSR count). The van der Waals surface area contributed by atoms with Crippen LogP contribution in [0.25, 0.3) is 10.7 Å². The standard InChI is InChI=1S/C19H16BrN3O4S/c1-27-19(26)16(11-5-3-2-4-6-11)23-15(25)8-13-10-28-18(22-13)17-14(24)7-12(20)9-21-17/h2-7,9-10,16,24H,8H2,1H3,(H,23,25). The van der Waals surface area contributed by atoms with E-state index in [2.05, 4.69) is 31.2 Å². The maximum atomic E-state index is 12.4. The summed E-state index contributed by atoms with van der Waals surface area (Å²) >= 11 is 4.51. The predicted octanol–water partition coefficient (Wildman–Crippen LogP) is 3.25. The number of carbonyl (C=O) groups excluding carboxylic acids is 2. The fraction of sp³-hybridized carbons (Fsp3) is 0.158. The largest absolute Gasteiger partial charge is 0.506 e. The molecule has 2 heterocycles. The number of benzene rings is 1. The highest BCUT2D eigenvalue weighted by molar-refractivity contribution is 9.10. The third kappa shape index (κ3) is 4.73. The molecule has 2 N–H and O–H groups in total. The van der Waals surface area contributed by atoms with Crippen molar-refractivity contribution < 1.29 is 19.4 Å². The zero-order valence-electron chi connectivity index (χ0n) is 14.8. The average Bonchev–Trinajstić information content (AvgIpc) is 3.14. The molecule has 28 heavy (non-hydrogen) atoms. The number of thiazole rings is 1. The quantitative estimate of drug-likeness (QED) is 0.546. The van der Waals surface area contributed by atoms with Gasteiger partial charge >= 0.3 is 5.97 Å². The van der Waals surface area contributed by atoms with Crippen LogP contribution in [0.1, 0.15) is 17.3 Å². The molecule has 1 aromatic carbocycles. The van der Waals surface area contributed by atoms with E-state index < -0.39 is 12.0 Å². The first-order valence-electron chi connectivity index (χ1n) is 8.19. The minimum Gasteiger partial charge on any atom is -0.506 e. The van der Waals surface area contributed by atoms with Crippen LogP contribution in [0.4, 0.5) is 0 Å². The summed E-state index contributed by atoms with van der Waals surface area (Å²) in [5.74, 6) is -0.929. The molecule has 0 spiro atoms. The molecule has 1 amide bonds. The van der Waals surface area contributed by atoms with Crippen molar-refractivity contribution in [1.82, 2.24) is 15.3 Å². The number of aromatic hydroxyl groups is 1. The van der Waals surface area contributed by atoms with Crippen molar-refractivity contribution in [3.8, 4) is 16.5 Å². The van der Waals surface area contributed by atoms with E-state index >= 15 is 0 Å². The molecule has 1 unspecified atom stereocenters. The van der Waals surface area contributed by atoms with E-state index in [-0.39, 0.29) is 18.1 Å². The Labute approximate surface area is 173 Å². The van der Waals surface area contributed by atoms with E-state index in [1.807, 2.05) is 6.07 Å². The molecule has 0 aliphatic carbocycles. The number of ether oxygens (including phenoxy) is 1. The second-order valence-electron chi connectivity index (χ2n) is 5.78. The van der Waals surface area contributed by atoms with E-state index in [1.165, 1.54) is 24.5 Å². The van der Waals surface area contributed by atoms with Gasteiger partial charge in [0, 0.05) is 16.0 Å². The number of aromatic nitrogens is 2. The summed E-state index contributed by atoms with van der Waals surface area (Å²) in [6, 6.07) is 9.49. The molecule has 1 atom stereocenters. The minimum absolute atomic E-state index is 0.00504. The monoisotopic (exact) mass is 461 g/mol. The van der Waals surface area contributed by atoms with Crippen molar-refractivity contribution in [2.24, 2.45) is 0 Å². The van der Waals surface area contributed by atoms with Gasteiger partial charge in [0.1, 0.15) is 16.5 Å². The van der Waals surface area contributed by atoms with E-state index in [9.17, 15) is 14.7 Å².